The van der Waals surface area contributed by atoms with Gasteiger partial charge >= 0.3 is 0 Å². The molecular weight excluding hydrogens is 271 g/mol. The van der Waals surface area contributed by atoms with E-state index in [0.29, 0.717) is 25.2 Å². The summed E-state index contributed by atoms with van der Waals surface area (Å²) in [7, 11) is 0. The predicted octanol–water partition coefficient (Wildman–Crippen LogP) is 3.01. The molecule has 2 aliphatic rings. The standard InChI is InChI=1S/C17H23FO3/c1-2-17(19,13-4-3-5-15(18)10-13)14-6-8-21-16(11-14)7-9-20-12-16/h3-5,10,14,19H,2,6-9,11-12H2,1H3. The first-order valence-electron chi connectivity index (χ1n) is 7.78. The maximum atomic E-state index is 13.5. The molecule has 3 nitrogen and oxygen atoms in total. The van der Waals surface area contributed by atoms with E-state index in [2.05, 4.69) is 0 Å². The van der Waals surface area contributed by atoms with E-state index in [1.807, 2.05) is 13.0 Å². The molecule has 4 heteroatoms. The average molecular weight is 294 g/mol. The Kier molecular flexibility index (Phi) is 4.04. The number of rotatable bonds is 3. The largest absolute Gasteiger partial charge is 0.385 e. The zero-order chi connectivity index (χ0) is 14.9. The Morgan fingerprint density at radius 2 is 2.29 bits per heavy atom. The normalized spacial score (nSPS) is 32.2. The van der Waals surface area contributed by atoms with Crippen LogP contribution in [-0.2, 0) is 15.1 Å². The fraction of sp³-hybridized carbons (Fsp3) is 0.647. The molecule has 0 amide bonds. The average Bonchev–Trinajstić information content (AvgIpc) is 2.94. The highest BCUT2D eigenvalue weighted by Gasteiger charge is 2.47. The van der Waals surface area contributed by atoms with Crippen LogP contribution in [-0.4, -0.2) is 30.5 Å². The SMILES string of the molecule is CCC(O)(c1cccc(F)c1)C1CCOC2(CCOC2)C1. The molecule has 116 valence electrons. The zero-order valence-electron chi connectivity index (χ0n) is 12.5. The van der Waals surface area contributed by atoms with Gasteiger partial charge in [0, 0.05) is 19.6 Å². The zero-order valence-corrected chi connectivity index (χ0v) is 12.5. The van der Waals surface area contributed by atoms with Crippen LogP contribution in [0.25, 0.3) is 0 Å². The van der Waals surface area contributed by atoms with Crippen LogP contribution in [0.3, 0.4) is 0 Å². The molecule has 3 rings (SSSR count). The highest BCUT2D eigenvalue weighted by molar-refractivity contribution is 5.24. The first-order chi connectivity index (χ1) is 10.1. The molecule has 3 atom stereocenters. The lowest BCUT2D eigenvalue weighted by Crippen LogP contribution is -2.47. The van der Waals surface area contributed by atoms with Crippen LogP contribution < -0.4 is 0 Å². The van der Waals surface area contributed by atoms with E-state index in [1.165, 1.54) is 12.1 Å². The molecule has 0 radical (unpaired) electrons. The molecule has 0 aliphatic carbocycles. The van der Waals surface area contributed by atoms with Crippen molar-refractivity contribution in [3.63, 3.8) is 0 Å². The summed E-state index contributed by atoms with van der Waals surface area (Å²) >= 11 is 0. The third-order valence-electron chi connectivity index (χ3n) is 5.10. The van der Waals surface area contributed by atoms with Crippen LogP contribution in [0.4, 0.5) is 4.39 Å². The minimum Gasteiger partial charge on any atom is -0.385 e. The minimum absolute atomic E-state index is 0.0692. The summed E-state index contributed by atoms with van der Waals surface area (Å²) in [6.07, 6.45) is 3.01. The fourth-order valence-corrected chi connectivity index (χ4v) is 3.78. The molecule has 2 fully saturated rings. The Hall–Kier alpha value is -0.970. The number of aliphatic hydroxyl groups is 1. The number of ether oxygens (including phenoxy) is 2. The molecule has 1 spiro atoms. The van der Waals surface area contributed by atoms with Crippen LogP contribution in [0.2, 0.25) is 0 Å². The van der Waals surface area contributed by atoms with Crippen molar-refractivity contribution in [3.8, 4) is 0 Å². The van der Waals surface area contributed by atoms with Crippen molar-refractivity contribution in [2.45, 2.75) is 43.8 Å². The number of hydrogen-bond donors (Lipinski definition) is 1. The topological polar surface area (TPSA) is 38.7 Å². The molecule has 0 saturated carbocycles. The monoisotopic (exact) mass is 294 g/mol. The van der Waals surface area contributed by atoms with E-state index in [-0.39, 0.29) is 17.3 Å². The molecule has 21 heavy (non-hydrogen) atoms. The molecule has 0 aromatic heterocycles. The van der Waals surface area contributed by atoms with Crippen molar-refractivity contribution in [1.29, 1.82) is 0 Å². The molecule has 2 heterocycles. The third kappa shape index (κ3) is 2.72. The van der Waals surface area contributed by atoms with Gasteiger partial charge in [0.05, 0.1) is 17.8 Å². The van der Waals surface area contributed by atoms with Crippen molar-refractivity contribution in [1.82, 2.24) is 0 Å². The molecule has 1 N–H and O–H groups in total. The maximum absolute atomic E-state index is 13.5. The van der Waals surface area contributed by atoms with Gasteiger partial charge in [-0.2, -0.15) is 0 Å². The van der Waals surface area contributed by atoms with Gasteiger partial charge < -0.3 is 14.6 Å². The Bertz CT molecular complexity index is 499. The van der Waals surface area contributed by atoms with Crippen LogP contribution in [0, 0.1) is 11.7 Å². The molecule has 3 unspecified atom stereocenters. The second kappa shape index (κ2) is 5.67. The molecule has 2 saturated heterocycles. The van der Waals surface area contributed by atoms with Crippen LogP contribution in [0.15, 0.2) is 24.3 Å². The molecular formula is C17H23FO3. The highest BCUT2D eigenvalue weighted by Crippen LogP contribution is 2.45. The van der Waals surface area contributed by atoms with Gasteiger partial charge in [0.15, 0.2) is 0 Å². The van der Waals surface area contributed by atoms with Gasteiger partial charge in [0.25, 0.3) is 0 Å². The summed E-state index contributed by atoms with van der Waals surface area (Å²) in [6, 6.07) is 6.35. The third-order valence-corrected chi connectivity index (χ3v) is 5.10. The molecule has 2 aliphatic heterocycles. The Morgan fingerprint density at radius 3 is 2.95 bits per heavy atom. The van der Waals surface area contributed by atoms with E-state index < -0.39 is 5.60 Å². The lowest BCUT2D eigenvalue weighted by Gasteiger charge is -2.44. The van der Waals surface area contributed by atoms with Crippen molar-refractivity contribution in [3.05, 3.63) is 35.6 Å². The number of benzene rings is 1. The first-order valence-corrected chi connectivity index (χ1v) is 7.78. The van der Waals surface area contributed by atoms with Crippen molar-refractivity contribution in [2.75, 3.05) is 19.8 Å². The Balaban J connectivity index is 1.88. The van der Waals surface area contributed by atoms with E-state index in [1.54, 1.807) is 6.07 Å². The minimum atomic E-state index is -0.999. The van der Waals surface area contributed by atoms with Crippen LogP contribution in [0.5, 0.6) is 0 Å². The number of halogens is 1. The Labute approximate surface area is 125 Å². The smallest absolute Gasteiger partial charge is 0.123 e. The predicted molar refractivity (Wildman–Crippen MR) is 77.4 cm³/mol. The van der Waals surface area contributed by atoms with Gasteiger partial charge in [0.1, 0.15) is 5.82 Å². The molecule has 1 aromatic carbocycles. The van der Waals surface area contributed by atoms with Gasteiger partial charge in [-0.25, -0.2) is 4.39 Å². The summed E-state index contributed by atoms with van der Waals surface area (Å²) < 4.78 is 25.0. The second-order valence-corrected chi connectivity index (χ2v) is 6.31. The van der Waals surface area contributed by atoms with E-state index in [4.69, 9.17) is 9.47 Å². The number of hydrogen-bond acceptors (Lipinski definition) is 3. The van der Waals surface area contributed by atoms with Crippen molar-refractivity contribution in [2.24, 2.45) is 5.92 Å². The Morgan fingerprint density at radius 1 is 1.43 bits per heavy atom. The van der Waals surface area contributed by atoms with Gasteiger partial charge in [0.2, 0.25) is 0 Å². The van der Waals surface area contributed by atoms with E-state index in [0.717, 1.165) is 25.9 Å². The van der Waals surface area contributed by atoms with E-state index in [9.17, 15) is 9.50 Å². The first kappa shape index (κ1) is 14.9. The lowest BCUT2D eigenvalue weighted by molar-refractivity contribution is -0.147. The molecule has 0 bridgehead atoms. The second-order valence-electron chi connectivity index (χ2n) is 6.31. The van der Waals surface area contributed by atoms with Crippen LogP contribution >= 0.6 is 0 Å². The van der Waals surface area contributed by atoms with Gasteiger partial charge in [-0.1, -0.05) is 19.1 Å². The van der Waals surface area contributed by atoms with Crippen molar-refractivity contribution >= 4 is 0 Å². The summed E-state index contributed by atoms with van der Waals surface area (Å²) in [5.41, 5.74) is -0.577. The fourth-order valence-electron chi connectivity index (χ4n) is 3.78. The van der Waals surface area contributed by atoms with Crippen LogP contribution in [0.1, 0.15) is 38.2 Å². The van der Waals surface area contributed by atoms with Gasteiger partial charge in [-0.3, -0.25) is 0 Å². The van der Waals surface area contributed by atoms with E-state index >= 15 is 0 Å². The summed E-state index contributed by atoms with van der Waals surface area (Å²) in [5.74, 6) is -0.231. The maximum Gasteiger partial charge on any atom is 0.123 e. The van der Waals surface area contributed by atoms with Gasteiger partial charge in [-0.05, 0) is 42.9 Å². The summed E-state index contributed by atoms with van der Waals surface area (Å²) in [4.78, 5) is 0. The lowest BCUT2D eigenvalue weighted by atomic mass is 9.71. The summed E-state index contributed by atoms with van der Waals surface area (Å²) in [6.45, 7) is 3.91. The molecule has 1 aromatic rings. The highest BCUT2D eigenvalue weighted by atomic mass is 19.1. The van der Waals surface area contributed by atoms with Crippen molar-refractivity contribution < 1.29 is 19.0 Å². The summed E-state index contributed by atoms with van der Waals surface area (Å²) in [5, 5.41) is 11.2. The van der Waals surface area contributed by atoms with Gasteiger partial charge in [-0.15, -0.1) is 0 Å². The quantitative estimate of drug-likeness (QED) is 0.931.